The van der Waals surface area contributed by atoms with Crippen molar-refractivity contribution in [3.8, 4) is 5.75 Å². The van der Waals surface area contributed by atoms with Gasteiger partial charge >= 0.3 is 0 Å². The van der Waals surface area contributed by atoms with Gasteiger partial charge in [-0.3, -0.25) is 9.52 Å². The Bertz CT molecular complexity index is 774. The number of carbonyl (C=O) groups is 1. The lowest BCUT2D eigenvalue weighted by Gasteiger charge is -2.14. The fraction of sp³-hybridized carbons (Fsp3) is 0.286. The van der Waals surface area contributed by atoms with Gasteiger partial charge in [0.15, 0.2) is 0 Å². The van der Waals surface area contributed by atoms with Crippen LogP contribution in [-0.4, -0.2) is 19.1 Å². The van der Waals surface area contributed by atoms with Crippen LogP contribution in [0.1, 0.15) is 43.1 Å². The SMILES string of the molecule is C=C(C)c1ccc(OCC)c(NC(=O)c2cccc(SNCCC)c2)c1. The Balaban J connectivity index is 2.19. The first kappa shape index (κ1) is 20.1. The minimum Gasteiger partial charge on any atom is -0.492 e. The van der Waals surface area contributed by atoms with E-state index in [1.165, 1.54) is 11.9 Å². The number of nitrogens with one attached hydrogen (secondary N) is 2. The summed E-state index contributed by atoms with van der Waals surface area (Å²) >= 11 is 1.53. The van der Waals surface area contributed by atoms with Gasteiger partial charge in [0.25, 0.3) is 5.91 Å². The maximum atomic E-state index is 12.7. The van der Waals surface area contributed by atoms with Gasteiger partial charge in [0.1, 0.15) is 5.75 Å². The summed E-state index contributed by atoms with van der Waals surface area (Å²) in [5.74, 6) is 0.490. The normalized spacial score (nSPS) is 10.4. The van der Waals surface area contributed by atoms with Gasteiger partial charge in [-0.2, -0.15) is 0 Å². The first-order chi connectivity index (χ1) is 12.5. The maximum absolute atomic E-state index is 12.7. The fourth-order valence-electron chi connectivity index (χ4n) is 2.31. The van der Waals surface area contributed by atoms with Crippen LogP contribution < -0.4 is 14.8 Å². The Morgan fingerprint density at radius 3 is 2.65 bits per heavy atom. The van der Waals surface area contributed by atoms with Crippen LogP contribution in [-0.2, 0) is 0 Å². The summed E-state index contributed by atoms with van der Waals surface area (Å²) in [7, 11) is 0. The van der Waals surface area contributed by atoms with Crippen molar-refractivity contribution in [3.05, 3.63) is 60.2 Å². The van der Waals surface area contributed by atoms with Crippen LogP contribution in [0.25, 0.3) is 5.57 Å². The summed E-state index contributed by atoms with van der Waals surface area (Å²) in [5.41, 5.74) is 3.16. The second kappa shape index (κ2) is 10.0. The molecule has 0 saturated heterocycles. The van der Waals surface area contributed by atoms with Crippen LogP contribution in [0.15, 0.2) is 53.9 Å². The van der Waals surface area contributed by atoms with E-state index in [9.17, 15) is 4.79 Å². The van der Waals surface area contributed by atoms with E-state index in [-0.39, 0.29) is 5.91 Å². The number of benzene rings is 2. The van der Waals surface area contributed by atoms with Gasteiger partial charge in [0.05, 0.1) is 12.3 Å². The Kier molecular flexibility index (Phi) is 7.75. The molecule has 0 bridgehead atoms. The molecule has 2 aromatic rings. The van der Waals surface area contributed by atoms with Crippen LogP contribution >= 0.6 is 11.9 Å². The molecule has 0 fully saturated rings. The minimum absolute atomic E-state index is 0.164. The van der Waals surface area contributed by atoms with Crippen molar-refractivity contribution < 1.29 is 9.53 Å². The monoisotopic (exact) mass is 370 g/mol. The van der Waals surface area contributed by atoms with Crippen LogP contribution in [0.3, 0.4) is 0 Å². The molecule has 0 spiro atoms. The molecule has 0 aromatic heterocycles. The first-order valence-corrected chi connectivity index (χ1v) is 9.60. The van der Waals surface area contributed by atoms with E-state index in [1.54, 1.807) is 0 Å². The molecule has 2 rings (SSSR count). The van der Waals surface area contributed by atoms with Crippen molar-refractivity contribution in [1.82, 2.24) is 4.72 Å². The summed E-state index contributed by atoms with van der Waals surface area (Å²) in [6.45, 7) is 11.4. The lowest BCUT2D eigenvalue weighted by atomic mass is 10.1. The predicted molar refractivity (Wildman–Crippen MR) is 111 cm³/mol. The molecule has 0 aliphatic carbocycles. The van der Waals surface area contributed by atoms with Gasteiger partial charge in [0, 0.05) is 17.0 Å². The Morgan fingerprint density at radius 2 is 1.96 bits per heavy atom. The fourth-order valence-corrected chi connectivity index (χ4v) is 3.11. The summed E-state index contributed by atoms with van der Waals surface area (Å²) in [6, 6.07) is 13.3. The lowest BCUT2D eigenvalue weighted by Crippen LogP contribution is -2.13. The third-order valence-electron chi connectivity index (χ3n) is 3.66. The average molecular weight is 371 g/mol. The zero-order chi connectivity index (χ0) is 18.9. The summed E-state index contributed by atoms with van der Waals surface area (Å²) < 4.78 is 8.91. The number of allylic oxidation sites excluding steroid dienone is 1. The van der Waals surface area contributed by atoms with Gasteiger partial charge in [-0.15, -0.1) is 0 Å². The lowest BCUT2D eigenvalue weighted by molar-refractivity contribution is 0.102. The molecule has 0 unspecified atom stereocenters. The molecular formula is C21H26N2O2S. The van der Waals surface area contributed by atoms with Crippen LogP contribution in [0, 0.1) is 0 Å². The van der Waals surface area contributed by atoms with Crippen LogP contribution in [0.4, 0.5) is 5.69 Å². The van der Waals surface area contributed by atoms with E-state index in [0.717, 1.165) is 29.0 Å². The third-order valence-corrected chi connectivity index (χ3v) is 4.50. The summed E-state index contributed by atoms with van der Waals surface area (Å²) in [6.07, 6.45) is 1.06. The molecule has 2 N–H and O–H groups in total. The highest BCUT2D eigenvalue weighted by atomic mass is 32.2. The molecule has 0 aliphatic heterocycles. The van der Waals surface area contributed by atoms with Crippen molar-refractivity contribution in [2.75, 3.05) is 18.5 Å². The van der Waals surface area contributed by atoms with Gasteiger partial charge in [0.2, 0.25) is 0 Å². The number of anilines is 1. The first-order valence-electron chi connectivity index (χ1n) is 8.79. The van der Waals surface area contributed by atoms with Crippen molar-refractivity contribution in [1.29, 1.82) is 0 Å². The second-order valence-corrected chi connectivity index (χ2v) is 6.87. The van der Waals surface area contributed by atoms with Gasteiger partial charge in [-0.05, 0) is 68.1 Å². The molecule has 0 heterocycles. The van der Waals surface area contributed by atoms with E-state index in [1.807, 2.05) is 56.3 Å². The van der Waals surface area contributed by atoms with E-state index >= 15 is 0 Å². The average Bonchev–Trinajstić information content (AvgIpc) is 2.63. The molecule has 26 heavy (non-hydrogen) atoms. The molecule has 0 atom stereocenters. The molecule has 5 heteroatoms. The number of ether oxygens (including phenoxy) is 1. The topological polar surface area (TPSA) is 50.4 Å². The van der Waals surface area contributed by atoms with Crippen LogP contribution in [0.5, 0.6) is 5.75 Å². The number of hydrogen-bond donors (Lipinski definition) is 2. The quantitative estimate of drug-likeness (QED) is 0.460. The Hall–Kier alpha value is -2.24. The minimum atomic E-state index is -0.164. The summed E-state index contributed by atoms with van der Waals surface area (Å²) in [5, 5.41) is 2.97. The number of amides is 1. The number of hydrogen-bond acceptors (Lipinski definition) is 4. The van der Waals surface area contributed by atoms with Crippen molar-refractivity contribution in [3.63, 3.8) is 0 Å². The molecule has 0 aliphatic rings. The highest BCUT2D eigenvalue weighted by molar-refractivity contribution is 7.97. The largest absolute Gasteiger partial charge is 0.492 e. The van der Waals surface area contributed by atoms with E-state index in [0.29, 0.717) is 23.6 Å². The standard InChI is InChI=1S/C21H26N2O2S/c1-5-12-22-26-18-9-7-8-17(13-18)21(24)23-19-14-16(15(3)4)10-11-20(19)25-6-2/h7-11,13-14,22H,3,5-6,12H2,1-2,4H3,(H,23,24). The van der Waals surface area contributed by atoms with Gasteiger partial charge in [-0.1, -0.05) is 31.2 Å². The van der Waals surface area contributed by atoms with E-state index in [4.69, 9.17) is 4.74 Å². The predicted octanol–water partition coefficient (Wildman–Crippen LogP) is 5.38. The number of carbonyl (C=O) groups excluding carboxylic acids is 1. The van der Waals surface area contributed by atoms with Crippen LogP contribution in [0.2, 0.25) is 0 Å². The van der Waals surface area contributed by atoms with Gasteiger partial charge < -0.3 is 10.1 Å². The molecule has 1 amide bonds. The highest BCUT2D eigenvalue weighted by Crippen LogP contribution is 2.29. The molecule has 0 saturated carbocycles. The maximum Gasteiger partial charge on any atom is 0.255 e. The van der Waals surface area contributed by atoms with Crippen molar-refractivity contribution in [2.24, 2.45) is 0 Å². The zero-order valence-corrected chi connectivity index (χ0v) is 16.4. The van der Waals surface area contributed by atoms with Crippen molar-refractivity contribution in [2.45, 2.75) is 32.1 Å². The number of rotatable bonds is 9. The second-order valence-electron chi connectivity index (χ2n) is 5.90. The van der Waals surface area contributed by atoms with E-state index < -0.39 is 0 Å². The Labute approximate surface area is 160 Å². The smallest absolute Gasteiger partial charge is 0.255 e. The molecule has 0 radical (unpaired) electrons. The van der Waals surface area contributed by atoms with Crippen molar-refractivity contribution >= 4 is 29.1 Å². The van der Waals surface area contributed by atoms with Gasteiger partial charge in [-0.25, -0.2) is 0 Å². The molecule has 138 valence electrons. The molecule has 4 nitrogen and oxygen atoms in total. The summed E-state index contributed by atoms with van der Waals surface area (Å²) in [4.78, 5) is 13.7. The Morgan fingerprint density at radius 1 is 1.15 bits per heavy atom. The zero-order valence-electron chi connectivity index (χ0n) is 15.6. The van der Waals surface area contributed by atoms with E-state index in [2.05, 4.69) is 23.5 Å². The third kappa shape index (κ3) is 5.64. The molecular weight excluding hydrogens is 344 g/mol. The molecule has 2 aromatic carbocycles. The highest BCUT2D eigenvalue weighted by Gasteiger charge is 2.12.